The summed E-state index contributed by atoms with van der Waals surface area (Å²) in [6, 6.07) is 6.92. The zero-order chi connectivity index (χ0) is 13.1. The van der Waals surface area contributed by atoms with E-state index in [1.807, 2.05) is 0 Å². The Hall–Kier alpha value is -0.820. The Kier molecular flexibility index (Phi) is 4.45. The molecule has 0 spiro atoms. The molecule has 0 heterocycles. The fraction of sp³-hybridized carbons (Fsp3) is 0.647. The SMILES string of the molecule is CCC1CCC(CN)C(c2ccc(C)cc2C)C1. The Morgan fingerprint density at radius 3 is 2.61 bits per heavy atom. The number of nitrogens with two attached hydrogens (primary N) is 1. The molecule has 0 aliphatic heterocycles. The third-order valence-corrected chi connectivity index (χ3v) is 4.81. The normalized spacial score (nSPS) is 28.3. The molecule has 0 bridgehead atoms. The lowest BCUT2D eigenvalue weighted by Gasteiger charge is -2.36. The van der Waals surface area contributed by atoms with Crippen LogP contribution in [0.1, 0.15) is 55.2 Å². The lowest BCUT2D eigenvalue weighted by atomic mass is 9.69. The second-order valence-corrected chi connectivity index (χ2v) is 6.05. The Bertz CT molecular complexity index is 397. The van der Waals surface area contributed by atoms with Crippen molar-refractivity contribution >= 4 is 0 Å². The van der Waals surface area contributed by atoms with Crippen LogP contribution in [0.2, 0.25) is 0 Å². The lowest BCUT2D eigenvalue weighted by molar-refractivity contribution is 0.235. The van der Waals surface area contributed by atoms with Crippen LogP contribution in [0, 0.1) is 25.7 Å². The molecule has 0 aromatic heterocycles. The molecule has 1 aliphatic rings. The van der Waals surface area contributed by atoms with Crippen molar-refractivity contribution in [2.45, 2.75) is 52.4 Å². The summed E-state index contributed by atoms with van der Waals surface area (Å²) < 4.78 is 0. The van der Waals surface area contributed by atoms with E-state index in [1.54, 1.807) is 5.56 Å². The monoisotopic (exact) mass is 245 g/mol. The molecule has 1 fully saturated rings. The molecular weight excluding hydrogens is 218 g/mol. The van der Waals surface area contributed by atoms with Gasteiger partial charge in [0.15, 0.2) is 0 Å². The van der Waals surface area contributed by atoms with Crippen molar-refractivity contribution in [2.75, 3.05) is 6.54 Å². The van der Waals surface area contributed by atoms with Crippen LogP contribution in [-0.2, 0) is 0 Å². The summed E-state index contributed by atoms with van der Waals surface area (Å²) in [5, 5.41) is 0. The van der Waals surface area contributed by atoms with E-state index in [0.29, 0.717) is 11.8 Å². The highest BCUT2D eigenvalue weighted by molar-refractivity contribution is 5.34. The summed E-state index contributed by atoms with van der Waals surface area (Å²) in [5.41, 5.74) is 10.4. The Labute approximate surface area is 112 Å². The molecule has 3 atom stereocenters. The predicted octanol–water partition coefficient (Wildman–Crippen LogP) is 4.17. The predicted molar refractivity (Wildman–Crippen MR) is 78.8 cm³/mol. The van der Waals surface area contributed by atoms with Crippen LogP contribution in [0.5, 0.6) is 0 Å². The smallest absolute Gasteiger partial charge is 0.00430 e. The zero-order valence-electron chi connectivity index (χ0n) is 12.1. The summed E-state index contributed by atoms with van der Waals surface area (Å²) in [6.45, 7) is 7.60. The second-order valence-electron chi connectivity index (χ2n) is 6.05. The Morgan fingerprint density at radius 1 is 1.22 bits per heavy atom. The number of benzene rings is 1. The minimum atomic E-state index is 0.689. The number of rotatable bonds is 3. The van der Waals surface area contributed by atoms with E-state index >= 15 is 0 Å². The van der Waals surface area contributed by atoms with Gasteiger partial charge in [0.25, 0.3) is 0 Å². The number of aryl methyl sites for hydroxylation is 2. The first-order valence-electron chi connectivity index (χ1n) is 7.42. The van der Waals surface area contributed by atoms with Crippen LogP contribution in [0.15, 0.2) is 18.2 Å². The molecule has 1 nitrogen and oxygen atoms in total. The van der Waals surface area contributed by atoms with Gasteiger partial charge in [-0.05, 0) is 62.1 Å². The van der Waals surface area contributed by atoms with Crippen LogP contribution in [0.25, 0.3) is 0 Å². The van der Waals surface area contributed by atoms with E-state index in [0.717, 1.165) is 12.5 Å². The maximum absolute atomic E-state index is 6.00. The molecular formula is C17H27N. The maximum atomic E-state index is 6.00. The fourth-order valence-electron chi connectivity index (χ4n) is 3.60. The van der Waals surface area contributed by atoms with E-state index in [2.05, 4.69) is 39.0 Å². The van der Waals surface area contributed by atoms with Gasteiger partial charge in [0.2, 0.25) is 0 Å². The molecule has 2 N–H and O–H groups in total. The summed E-state index contributed by atoms with van der Waals surface area (Å²) >= 11 is 0. The first-order chi connectivity index (χ1) is 8.65. The van der Waals surface area contributed by atoms with Crippen molar-refractivity contribution in [3.63, 3.8) is 0 Å². The van der Waals surface area contributed by atoms with Gasteiger partial charge in [-0.3, -0.25) is 0 Å². The van der Waals surface area contributed by atoms with Gasteiger partial charge in [-0.1, -0.05) is 43.5 Å². The zero-order valence-corrected chi connectivity index (χ0v) is 12.1. The Morgan fingerprint density at radius 2 is 2.00 bits per heavy atom. The highest BCUT2D eigenvalue weighted by Gasteiger charge is 2.30. The van der Waals surface area contributed by atoms with Gasteiger partial charge in [0.1, 0.15) is 0 Å². The standard InChI is InChI=1S/C17H27N/c1-4-14-6-7-15(11-18)17(10-14)16-8-5-12(2)9-13(16)3/h5,8-9,14-15,17H,4,6-7,10-11,18H2,1-3H3. The molecule has 100 valence electrons. The average Bonchev–Trinajstić information content (AvgIpc) is 2.38. The third-order valence-electron chi connectivity index (χ3n) is 4.81. The number of hydrogen-bond acceptors (Lipinski definition) is 1. The topological polar surface area (TPSA) is 26.0 Å². The average molecular weight is 245 g/mol. The fourth-order valence-corrected chi connectivity index (χ4v) is 3.60. The van der Waals surface area contributed by atoms with E-state index in [4.69, 9.17) is 5.73 Å². The van der Waals surface area contributed by atoms with Crippen molar-refractivity contribution in [3.8, 4) is 0 Å². The van der Waals surface area contributed by atoms with Gasteiger partial charge in [0.05, 0.1) is 0 Å². The van der Waals surface area contributed by atoms with Crippen molar-refractivity contribution < 1.29 is 0 Å². The van der Waals surface area contributed by atoms with Gasteiger partial charge in [0, 0.05) is 0 Å². The van der Waals surface area contributed by atoms with E-state index in [9.17, 15) is 0 Å². The van der Waals surface area contributed by atoms with Gasteiger partial charge in [-0.25, -0.2) is 0 Å². The quantitative estimate of drug-likeness (QED) is 0.849. The summed E-state index contributed by atoms with van der Waals surface area (Å²) in [5.74, 6) is 2.28. The first-order valence-corrected chi connectivity index (χ1v) is 7.42. The van der Waals surface area contributed by atoms with Crippen molar-refractivity contribution in [1.82, 2.24) is 0 Å². The molecule has 1 aromatic carbocycles. The Balaban J connectivity index is 2.26. The first kappa shape index (κ1) is 13.6. The van der Waals surface area contributed by atoms with E-state index in [-0.39, 0.29) is 0 Å². The van der Waals surface area contributed by atoms with Crippen LogP contribution in [0.4, 0.5) is 0 Å². The lowest BCUT2D eigenvalue weighted by Crippen LogP contribution is -2.29. The molecule has 0 amide bonds. The molecule has 0 radical (unpaired) electrons. The molecule has 3 unspecified atom stereocenters. The maximum Gasteiger partial charge on any atom is -0.00430 e. The molecule has 18 heavy (non-hydrogen) atoms. The molecule has 1 aliphatic carbocycles. The third kappa shape index (κ3) is 2.77. The number of hydrogen-bond donors (Lipinski definition) is 1. The van der Waals surface area contributed by atoms with Gasteiger partial charge < -0.3 is 5.73 Å². The minimum Gasteiger partial charge on any atom is -0.330 e. The molecule has 1 saturated carbocycles. The summed E-state index contributed by atoms with van der Waals surface area (Å²) in [6.07, 6.45) is 5.34. The van der Waals surface area contributed by atoms with Crippen LogP contribution in [-0.4, -0.2) is 6.54 Å². The molecule has 1 heteroatoms. The van der Waals surface area contributed by atoms with Crippen molar-refractivity contribution in [2.24, 2.45) is 17.6 Å². The highest BCUT2D eigenvalue weighted by Crippen LogP contribution is 2.42. The minimum absolute atomic E-state index is 0.689. The molecule has 0 saturated heterocycles. The summed E-state index contributed by atoms with van der Waals surface area (Å²) in [7, 11) is 0. The van der Waals surface area contributed by atoms with E-state index < -0.39 is 0 Å². The molecule has 1 aromatic rings. The largest absolute Gasteiger partial charge is 0.330 e. The highest BCUT2D eigenvalue weighted by atomic mass is 14.6. The second kappa shape index (κ2) is 5.88. The molecule has 2 rings (SSSR count). The van der Waals surface area contributed by atoms with Crippen molar-refractivity contribution in [3.05, 3.63) is 34.9 Å². The van der Waals surface area contributed by atoms with Crippen molar-refractivity contribution in [1.29, 1.82) is 0 Å². The van der Waals surface area contributed by atoms with Crippen LogP contribution >= 0.6 is 0 Å². The van der Waals surface area contributed by atoms with Gasteiger partial charge >= 0.3 is 0 Å². The van der Waals surface area contributed by atoms with Gasteiger partial charge in [-0.2, -0.15) is 0 Å². The van der Waals surface area contributed by atoms with E-state index in [1.165, 1.54) is 36.8 Å². The summed E-state index contributed by atoms with van der Waals surface area (Å²) in [4.78, 5) is 0. The van der Waals surface area contributed by atoms with Crippen LogP contribution in [0.3, 0.4) is 0 Å². The van der Waals surface area contributed by atoms with Crippen LogP contribution < -0.4 is 5.73 Å². The van der Waals surface area contributed by atoms with Gasteiger partial charge in [-0.15, -0.1) is 0 Å².